The molecular formula is C7H11NO2. The second-order valence-corrected chi connectivity index (χ2v) is 3.68. The van der Waals surface area contributed by atoms with Crippen LogP contribution in [-0.2, 0) is 4.79 Å². The molecule has 1 atom stereocenters. The molecule has 3 N–H and O–H groups in total. The van der Waals surface area contributed by atoms with Gasteiger partial charge in [0, 0.05) is 5.54 Å². The molecule has 3 rings (SSSR count). The third kappa shape index (κ3) is 0.611. The Labute approximate surface area is 59.2 Å². The van der Waals surface area contributed by atoms with Crippen molar-refractivity contribution in [1.82, 2.24) is 0 Å². The summed E-state index contributed by atoms with van der Waals surface area (Å²) in [5.41, 5.74) is 5.72. The first-order valence-electron chi connectivity index (χ1n) is 3.62. The summed E-state index contributed by atoms with van der Waals surface area (Å²) in [7, 11) is 0. The largest absolute Gasteiger partial charge is 0.481 e. The summed E-state index contributed by atoms with van der Waals surface area (Å²) in [4.78, 5) is 10.5. The lowest BCUT2D eigenvalue weighted by atomic mass is 9.77. The maximum Gasteiger partial charge on any atom is 0.306 e. The molecule has 2 bridgehead atoms. The second kappa shape index (κ2) is 1.53. The van der Waals surface area contributed by atoms with Gasteiger partial charge < -0.3 is 10.8 Å². The van der Waals surface area contributed by atoms with Crippen LogP contribution < -0.4 is 5.73 Å². The molecular weight excluding hydrogens is 130 g/mol. The highest BCUT2D eigenvalue weighted by atomic mass is 16.4. The number of carboxylic acids is 1. The van der Waals surface area contributed by atoms with Crippen molar-refractivity contribution in [2.75, 3.05) is 0 Å². The molecule has 0 amide bonds. The van der Waals surface area contributed by atoms with Gasteiger partial charge in [0.15, 0.2) is 0 Å². The van der Waals surface area contributed by atoms with Gasteiger partial charge in [0.25, 0.3) is 0 Å². The topological polar surface area (TPSA) is 63.3 Å². The molecule has 56 valence electrons. The molecule has 3 aliphatic rings. The van der Waals surface area contributed by atoms with Gasteiger partial charge >= 0.3 is 5.97 Å². The molecule has 3 saturated carbocycles. The molecule has 3 fully saturated rings. The Morgan fingerprint density at radius 2 is 2.10 bits per heavy atom. The molecule has 0 aliphatic heterocycles. The number of hydrogen-bond donors (Lipinski definition) is 2. The maximum atomic E-state index is 10.5. The van der Waals surface area contributed by atoms with Crippen LogP contribution in [0.3, 0.4) is 0 Å². The molecule has 1 unspecified atom stereocenters. The second-order valence-electron chi connectivity index (χ2n) is 3.68. The van der Waals surface area contributed by atoms with Gasteiger partial charge in [0.05, 0.1) is 5.92 Å². The van der Waals surface area contributed by atoms with Crippen molar-refractivity contribution in [1.29, 1.82) is 0 Å². The predicted molar refractivity (Wildman–Crippen MR) is 35.4 cm³/mol. The molecule has 3 nitrogen and oxygen atoms in total. The zero-order chi connectivity index (χ0) is 7.35. The van der Waals surface area contributed by atoms with E-state index < -0.39 is 5.97 Å². The monoisotopic (exact) mass is 141 g/mol. The standard InChI is InChI=1S/C7H11NO2/c8-7-1-4(2-7)5(3-7)6(9)10/h4-5H,1-3,8H2,(H,9,10). The van der Waals surface area contributed by atoms with E-state index in [-0.39, 0.29) is 11.5 Å². The van der Waals surface area contributed by atoms with Crippen LogP contribution in [0, 0.1) is 11.8 Å². The SMILES string of the molecule is NC12CC(C1)C(C(=O)O)C2. The summed E-state index contributed by atoms with van der Waals surface area (Å²) in [6.07, 6.45) is 2.57. The van der Waals surface area contributed by atoms with E-state index >= 15 is 0 Å². The highest BCUT2D eigenvalue weighted by Crippen LogP contribution is 2.53. The number of carboxylic acid groups (broad SMARTS) is 1. The molecule has 0 spiro atoms. The van der Waals surface area contributed by atoms with Crippen LogP contribution in [0.4, 0.5) is 0 Å². The van der Waals surface area contributed by atoms with Crippen molar-refractivity contribution in [2.24, 2.45) is 17.6 Å². The Balaban J connectivity index is 2.12. The van der Waals surface area contributed by atoms with Gasteiger partial charge in [-0.3, -0.25) is 4.79 Å². The van der Waals surface area contributed by atoms with E-state index in [1.165, 1.54) is 0 Å². The fraction of sp³-hybridized carbons (Fsp3) is 0.857. The first-order chi connectivity index (χ1) is 4.61. The van der Waals surface area contributed by atoms with Crippen LogP contribution >= 0.6 is 0 Å². The normalized spacial score (nSPS) is 50.5. The number of nitrogens with two attached hydrogens (primary N) is 1. The van der Waals surface area contributed by atoms with Crippen molar-refractivity contribution < 1.29 is 9.90 Å². The van der Waals surface area contributed by atoms with Crippen molar-refractivity contribution in [3.05, 3.63) is 0 Å². The van der Waals surface area contributed by atoms with E-state index in [0.29, 0.717) is 12.3 Å². The lowest BCUT2D eigenvalue weighted by Crippen LogP contribution is -2.44. The molecule has 0 aromatic rings. The summed E-state index contributed by atoms with van der Waals surface area (Å²) in [5.74, 6) is -0.401. The number of aliphatic carboxylic acids is 1. The van der Waals surface area contributed by atoms with Crippen LogP contribution in [0.5, 0.6) is 0 Å². The molecule has 3 heteroatoms. The maximum absolute atomic E-state index is 10.5. The Bertz CT molecular complexity index is 184. The molecule has 0 radical (unpaired) electrons. The van der Waals surface area contributed by atoms with Crippen molar-refractivity contribution in [3.63, 3.8) is 0 Å². The molecule has 0 aromatic heterocycles. The first kappa shape index (κ1) is 6.16. The third-order valence-corrected chi connectivity index (χ3v) is 2.85. The van der Waals surface area contributed by atoms with Gasteiger partial charge in [0.2, 0.25) is 0 Å². The van der Waals surface area contributed by atoms with E-state index in [0.717, 1.165) is 12.8 Å². The quantitative estimate of drug-likeness (QED) is 0.548. The smallest absolute Gasteiger partial charge is 0.306 e. The lowest BCUT2D eigenvalue weighted by Gasteiger charge is -2.34. The van der Waals surface area contributed by atoms with Gasteiger partial charge in [0.1, 0.15) is 0 Å². The first-order valence-corrected chi connectivity index (χ1v) is 3.62. The van der Waals surface area contributed by atoms with E-state index in [2.05, 4.69) is 0 Å². The van der Waals surface area contributed by atoms with Gasteiger partial charge in [-0.2, -0.15) is 0 Å². The van der Waals surface area contributed by atoms with Crippen LogP contribution in [0.15, 0.2) is 0 Å². The van der Waals surface area contributed by atoms with E-state index in [9.17, 15) is 4.79 Å². The summed E-state index contributed by atoms with van der Waals surface area (Å²) >= 11 is 0. The summed E-state index contributed by atoms with van der Waals surface area (Å²) < 4.78 is 0. The van der Waals surface area contributed by atoms with Crippen LogP contribution in [0.2, 0.25) is 0 Å². The minimum Gasteiger partial charge on any atom is -0.481 e. The fourth-order valence-corrected chi connectivity index (χ4v) is 2.33. The van der Waals surface area contributed by atoms with Crippen molar-refractivity contribution in [2.45, 2.75) is 24.8 Å². The molecule has 0 saturated heterocycles. The number of carbonyl (C=O) groups is 1. The summed E-state index contributed by atoms with van der Waals surface area (Å²) in [6.45, 7) is 0. The fourth-order valence-electron chi connectivity index (χ4n) is 2.33. The van der Waals surface area contributed by atoms with E-state index in [1.54, 1.807) is 0 Å². The van der Waals surface area contributed by atoms with Gasteiger partial charge in [-0.15, -0.1) is 0 Å². The highest BCUT2D eigenvalue weighted by Gasteiger charge is 2.56. The Kier molecular flexibility index (Phi) is 0.944. The minimum absolute atomic E-state index is 0.0896. The van der Waals surface area contributed by atoms with Crippen molar-refractivity contribution >= 4 is 5.97 Å². The van der Waals surface area contributed by atoms with Crippen LogP contribution in [0.25, 0.3) is 0 Å². The Hall–Kier alpha value is -0.570. The number of hydrogen-bond acceptors (Lipinski definition) is 2. The van der Waals surface area contributed by atoms with Crippen LogP contribution in [0.1, 0.15) is 19.3 Å². The number of fused-ring (bicyclic) bond motifs is 1. The van der Waals surface area contributed by atoms with Gasteiger partial charge in [-0.1, -0.05) is 0 Å². The average Bonchev–Trinajstić information content (AvgIpc) is 2.17. The minimum atomic E-state index is -0.658. The van der Waals surface area contributed by atoms with E-state index in [4.69, 9.17) is 10.8 Å². The highest BCUT2D eigenvalue weighted by molar-refractivity contribution is 5.72. The Morgan fingerprint density at radius 3 is 2.30 bits per heavy atom. The summed E-state index contributed by atoms with van der Waals surface area (Å²) in [6, 6.07) is 0. The molecule has 10 heavy (non-hydrogen) atoms. The van der Waals surface area contributed by atoms with Crippen LogP contribution in [-0.4, -0.2) is 16.6 Å². The van der Waals surface area contributed by atoms with Gasteiger partial charge in [-0.25, -0.2) is 0 Å². The zero-order valence-electron chi connectivity index (χ0n) is 5.71. The Morgan fingerprint density at radius 1 is 1.50 bits per heavy atom. The third-order valence-electron chi connectivity index (χ3n) is 2.85. The molecule has 0 aromatic carbocycles. The van der Waals surface area contributed by atoms with E-state index in [1.807, 2.05) is 0 Å². The van der Waals surface area contributed by atoms with Crippen molar-refractivity contribution in [3.8, 4) is 0 Å². The number of rotatable bonds is 1. The summed E-state index contributed by atoms with van der Waals surface area (Å²) in [5, 5.41) is 8.67. The molecule has 0 heterocycles. The predicted octanol–water partition coefficient (Wildman–Crippen LogP) is 0.198. The lowest BCUT2D eigenvalue weighted by molar-refractivity contribution is -0.142. The zero-order valence-corrected chi connectivity index (χ0v) is 5.71. The average molecular weight is 141 g/mol. The molecule has 3 aliphatic carbocycles. The van der Waals surface area contributed by atoms with Gasteiger partial charge in [-0.05, 0) is 25.2 Å².